The quantitative estimate of drug-likeness (QED) is 0.600. The Labute approximate surface area is 130 Å². The molecule has 7 nitrogen and oxygen atoms in total. The number of methoxy groups -OCH3 is 1. The zero-order valence-corrected chi connectivity index (χ0v) is 12.6. The van der Waals surface area contributed by atoms with Crippen LogP contribution in [0.2, 0.25) is 0 Å². The first kappa shape index (κ1) is 16.9. The van der Waals surface area contributed by atoms with Crippen molar-refractivity contribution in [1.29, 1.82) is 0 Å². The molecule has 1 saturated carbocycles. The maximum absolute atomic E-state index is 12.8. The monoisotopic (exact) mass is 330 g/mol. The van der Waals surface area contributed by atoms with E-state index in [1.807, 2.05) is 0 Å². The number of carbonyl (C=O) groups excluding carboxylic acids is 2. The third kappa shape index (κ3) is 4.51. The third-order valence-electron chi connectivity index (χ3n) is 3.18. The molecule has 0 aliphatic heterocycles. The molecule has 0 spiro atoms. The fraction of sp³-hybridized carbons (Fsp3) is 0.500. The molecule has 1 aliphatic carbocycles. The highest BCUT2D eigenvalue weighted by Crippen LogP contribution is 2.48. The summed E-state index contributed by atoms with van der Waals surface area (Å²) in [5, 5.41) is 2.30. The van der Waals surface area contributed by atoms with Crippen molar-refractivity contribution in [3.05, 3.63) is 17.8 Å². The van der Waals surface area contributed by atoms with Crippen molar-refractivity contribution in [2.45, 2.75) is 19.3 Å². The van der Waals surface area contributed by atoms with Gasteiger partial charge in [0, 0.05) is 25.6 Å². The molecule has 0 saturated heterocycles. The molecule has 1 atom stereocenters. The maximum Gasteiger partial charge on any atom is 0.341 e. The van der Waals surface area contributed by atoms with E-state index >= 15 is 0 Å². The molecule has 0 aromatic carbocycles. The van der Waals surface area contributed by atoms with Crippen molar-refractivity contribution in [1.82, 2.24) is 10.3 Å². The van der Waals surface area contributed by atoms with Gasteiger partial charge in [0.2, 0.25) is 5.91 Å². The molecule has 1 amide bonds. The second-order valence-corrected chi connectivity index (χ2v) is 5.01. The minimum absolute atomic E-state index is 0.0219. The van der Waals surface area contributed by atoms with Crippen LogP contribution in [0.25, 0.3) is 0 Å². The third-order valence-corrected chi connectivity index (χ3v) is 3.18. The SMILES string of the molecule is COc1cc(C(=O)OCNC(C)=O)cnc1OC[C@H]1CC1(F)F. The Balaban J connectivity index is 1.95. The summed E-state index contributed by atoms with van der Waals surface area (Å²) in [4.78, 5) is 26.3. The topological polar surface area (TPSA) is 86.8 Å². The van der Waals surface area contributed by atoms with Gasteiger partial charge in [-0.15, -0.1) is 0 Å². The normalized spacial score (nSPS) is 18.0. The van der Waals surface area contributed by atoms with Crippen molar-refractivity contribution in [2.75, 3.05) is 20.4 Å². The average Bonchev–Trinajstić information content (AvgIpc) is 3.11. The van der Waals surface area contributed by atoms with E-state index < -0.39 is 17.8 Å². The van der Waals surface area contributed by atoms with Crippen LogP contribution in [0.5, 0.6) is 11.6 Å². The van der Waals surface area contributed by atoms with Gasteiger partial charge in [0.25, 0.3) is 11.8 Å². The van der Waals surface area contributed by atoms with Gasteiger partial charge in [-0.05, 0) is 0 Å². The summed E-state index contributed by atoms with van der Waals surface area (Å²) in [6.07, 6.45) is 0.974. The lowest BCUT2D eigenvalue weighted by molar-refractivity contribution is -0.120. The van der Waals surface area contributed by atoms with E-state index in [-0.39, 0.29) is 42.9 Å². The van der Waals surface area contributed by atoms with E-state index in [1.54, 1.807) is 0 Å². The molecule has 1 aliphatic rings. The van der Waals surface area contributed by atoms with Crippen LogP contribution in [-0.2, 0) is 9.53 Å². The highest BCUT2D eigenvalue weighted by molar-refractivity contribution is 5.89. The lowest BCUT2D eigenvalue weighted by atomic mass is 10.3. The number of ether oxygens (including phenoxy) is 3. The molecule has 0 bridgehead atoms. The van der Waals surface area contributed by atoms with E-state index in [0.717, 1.165) is 0 Å². The Morgan fingerprint density at radius 1 is 1.48 bits per heavy atom. The summed E-state index contributed by atoms with van der Waals surface area (Å²) in [7, 11) is 1.34. The van der Waals surface area contributed by atoms with Crippen LogP contribution >= 0.6 is 0 Å². The number of esters is 1. The number of halogens is 2. The molecule has 0 radical (unpaired) electrons. The van der Waals surface area contributed by atoms with E-state index in [9.17, 15) is 18.4 Å². The number of carbonyl (C=O) groups is 2. The van der Waals surface area contributed by atoms with Crippen LogP contribution in [0.4, 0.5) is 8.78 Å². The van der Waals surface area contributed by atoms with Crippen LogP contribution in [0, 0.1) is 5.92 Å². The van der Waals surface area contributed by atoms with Crippen LogP contribution in [-0.4, -0.2) is 43.2 Å². The van der Waals surface area contributed by atoms with Crippen molar-refractivity contribution in [3.8, 4) is 11.6 Å². The standard InChI is InChI=1S/C14H16F2N2O5/c1-8(19)18-7-23-13(20)9-3-11(21-2)12(17-5-9)22-6-10-4-14(10,15)16/h3,5,10H,4,6-7H2,1-2H3,(H,18,19)/t10-/m1/s1. The summed E-state index contributed by atoms with van der Waals surface area (Å²) >= 11 is 0. The molecule has 2 rings (SSSR count). The van der Waals surface area contributed by atoms with E-state index in [4.69, 9.17) is 14.2 Å². The first-order chi connectivity index (χ1) is 10.8. The van der Waals surface area contributed by atoms with Crippen molar-refractivity contribution in [2.24, 2.45) is 5.92 Å². The molecule has 1 fully saturated rings. The Hall–Kier alpha value is -2.45. The summed E-state index contributed by atoms with van der Waals surface area (Å²) in [6, 6.07) is 1.32. The number of nitrogens with zero attached hydrogens (tertiary/aromatic N) is 1. The molecule has 126 valence electrons. The van der Waals surface area contributed by atoms with Crippen LogP contribution < -0.4 is 14.8 Å². The highest BCUT2D eigenvalue weighted by atomic mass is 19.3. The first-order valence-electron chi connectivity index (χ1n) is 6.79. The fourth-order valence-corrected chi connectivity index (χ4v) is 1.71. The number of amides is 1. The number of nitrogens with one attached hydrogen (secondary N) is 1. The van der Waals surface area contributed by atoms with Gasteiger partial charge in [0.15, 0.2) is 12.5 Å². The summed E-state index contributed by atoms with van der Waals surface area (Å²) in [6.45, 7) is 0.835. The van der Waals surface area contributed by atoms with Gasteiger partial charge in [-0.3, -0.25) is 4.79 Å². The molecule has 0 unspecified atom stereocenters. The van der Waals surface area contributed by atoms with Crippen LogP contribution in [0.15, 0.2) is 12.3 Å². The number of aromatic nitrogens is 1. The second-order valence-electron chi connectivity index (χ2n) is 5.01. The zero-order valence-electron chi connectivity index (χ0n) is 12.6. The van der Waals surface area contributed by atoms with Gasteiger partial charge < -0.3 is 19.5 Å². The zero-order chi connectivity index (χ0) is 17.0. The number of alkyl halides is 2. The Morgan fingerprint density at radius 3 is 2.74 bits per heavy atom. The van der Waals surface area contributed by atoms with E-state index in [0.29, 0.717) is 0 Å². The second kappa shape index (κ2) is 6.76. The minimum atomic E-state index is -2.68. The van der Waals surface area contributed by atoms with Crippen molar-refractivity contribution in [3.63, 3.8) is 0 Å². The highest BCUT2D eigenvalue weighted by Gasteiger charge is 2.57. The Kier molecular flexibility index (Phi) is 4.97. The van der Waals surface area contributed by atoms with Crippen molar-refractivity contribution < 1.29 is 32.6 Å². The van der Waals surface area contributed by atoms with Gasteiger partial charge in [-0.25, -0.2) is 18.6 Å². The smallest absolute Gasteiger partial charge is 0.341 e. The first-order valence-corrected chi connectivity index (χ1v) is 6.79. The van der Waals surface area contributed by atoms with Gasteiger partial charge in [-0.1, -0.05) is 0 Å². The van der Waals surface area contributed by atoms with Crippen molar-refractivity contribution >= 4 is 11.9 Å². The van der Waals surface area contributed by atoms with E-state index in [1.165, 1.54) is 26.3 Å². The molecule has 9 heteroatoms. The molecule has 1 aromatic rings. The Morgan fingerprint density at radius 2 is 2.17 bits per heavy atom. The number of hydrogen-bond acceptors (Lipinski definition) is 6. The lowest BCUT2D eigenvalue weighted by Crippen LogP contribution is -2.25. The number of pyridine rings is 1. The number of rotatable bonds is 7. The summed E-state index contributed by atoms with van der Waals surface area (Å²) in [5.74, 6) is -4.41. The lowest BCUT2D eigenvalue weighted by Gasteiger charge is -2.11. The van der Waals surface area contributed by atoms with Gasteiger partial charge in [0.05, 0.1) is 25.2 Å². The largest absolute Gasteiger partial charge is 0.491 e. The van der Waals surface area contributed by atoms with Crippen LogP contribution in [0.1, 0.15) is 23.7 Å². The summed E-state index contributed by atoms with van der Waals surface area (Å²) in [5.41, 5.74) is 0.0799. The molecular formula is C14H16F2N2O5. The predicted octanol–water partition coefficient (Wildman–Crippen LogP) is 1.37. The molecule has 1 N–H and O–H groups in total. The van der Waals surface area contributed by atoms with Gasteiger partial charge >= 0.3 is 5.97 Å². The van der Waals surface area contributed by atoms with Gasteiger partial charge in [0.1, 0.15) is 0 Å². The molecule has 1 aromatic heterocycles. The minimum Gasteiger partial charge on any atom is -0.491 e. The molecule has 23 heavy (non-hydrogen) atoms. The molecule has 1 heterocycles. The average molecular weight is 330 g/mol. The maximum atomic E-state index is 12.8. The molecular weight excluding hydrogens is 314 g/mol. The van der Waals surface area contributed by atoms with Gasteiger partial charge in [-0.2, -0.15) is 0 Å². The fourth-order valence-electron chi connectivity index (χ4n) is 1.71. The van der Waals surface area contributed by atoms with E-state index in [2.05, 4.69) is 10.3 Å². The summed E-state index contributed by atoms with van der Waals surface area (Å²) < 4.78 is 40.7. The van der Waals surface area contributed by atoms with Crippen LogP contribution in [0.3, 0.4) is 0 Å². The Bertz CT molecular complexity index is 609. The number of hydrogen-bond donors (Lipinski definition) is 1. The predicted molar refractivity (Wildman–Crippen MR) is 73.4 cm³/mol.